The highest BCUT2D eigenvalue weighted by atomic mass is 16.5. The van der Waals surface area contributed by atoms with Crippen LogP contribution >= 0.6 is 0 Å². The number of carbonyl (C=O) groups excluding carboxylic acids is 1. The summed E-state index contributed by atoms with van der Waals surface area (Å²) in [6.45, 7) is 1.54. The van der Waals surface area contributed by atoms with Crippen molar-refractivity contribution < 1.29 is 9.32 Å². The first-order chi connectivity index (χ1) is 11.3. The van der Waals surface area contributed by atoms with Crippen LogP contribution in [0.2, 0.25) is 0 Å². The molecule has 4 rings (SSSR count). The Bertz CT molecular complexity index is 845. The van der Waals surface area contributed by atoms with Crippen molar-refractivity contribution in [3.63, 3.8) is 0 Å². The lowest BCUT2D eigenvalue weighted by atomic mass is 10.0. The van der Waals surface area contributed by atoms with E-state index in [4.69, 9.17) is 4.52 Å². The third kappa shape index (κ3) is 2.59. The van der Waals surface area contributed by atoms with Crippen LogP contribution in [0.1, 0.15) is 29.9 Å². The third-order valence-electron chi connectivity index (χ3n) is 4.28. The molecule has 0 radical (unpaired) electrons. The van der Waals surface area contributed by atoms with Gasteiger partial charge in [-0.25, -0.2) is 0 Å². The SMILES string of the molecule is O=C(c1nc(-c2cccc3ccccc23)no1)N1CCCCC1. The van der Waals surface area contributed by atoms with E-state index in [-0.39, 0.29) is 11.8 Å². The molecule has 1 aliphatic rings. The largest absolute Gasteiger partial charge is 0.334 e. The smallest absolute Gasteiger partial charge is 0.316 e. The third-order valence-corrected chi connectivity index (χ3v) is 4.28. The van der Waals surface area contributed by atoms with Crippen molar-refractivity contribution in [3.05, 3.63) is 48.4 Å². The Morgan fingerprint density at radius 2 is 1.78 bits per heavy atom. The van der Waals surface area contributed by atoms with Crippen LogP contribution < -0.4 is 0 Å². The van der Waals surface area contributed by atoms with E-state index in [1.54, 1.807) is 4.90 Å². The summed E-state index contributed by atoms with van der Waals surface area (Å²) in [5.74, 6) is 0.376. The van der Waals surface area contributed by atoms with Crippen LogP contribution in [0.4, 0.5) is 0 Å². The van der Waals surface area contributed by atoms with Gasteiger partial charge in [0.1, 0.15) is 0 Å². The molecule has 5 heteroatoms. The maximum Gasteiger partial charge on any atom is 0.316 e. The molecule has 0 aliphatic carbocycles. The van der Waals surface area contributed by atoms with E-state index in [1.165, 1.54) is 6.42 Å². The molecule has 116 valence electrons. The van der Waals surface area contributed by atoms with Crippen LogP contribution in [0.15, 0.2) is 47.0 Å². The van der Waals surface area contributed by atoms with Crippen molar-refractivity contribution in [2.24, 2.45) is 0 Å². The van der Waals surface area contributed by atoms with Gasteiger partial charge in [0.25, 0.3) is 0 Å². The molecule has 1 aromatic heterocycles. The van der Waals surface area contributed by atoms with Crippen molar-refractivity contribution >= 4 is 16.7 Å². The number of aromatic nitrogens is 2. The number of hydrogen-bond donors (Lipinski definition) is 0. The highest BCUT2D eigenvalue weighted by molar-refractivity contribution is 5.96. The van der Waals surface area contributed by atoms with E-state index in [9.17, 15) is 4.79 Å². The van der Waals surface area contributed by atoms with E-state index in [2.05, 4.69) is 10.1 Å². The van der Waals surface area contributed by atoms with Crippen molar-refractivity contribution in [2.75, 3.05) is 13.1 Å². The summed E-state index contributed by atoms with van der Waals surface area (Å²) in [5.41, 5.74) is 0.879. The Balaban J connectivity index is 1.68. The second kappa shape index (κ2) is 5.83. The first kappa shape index (κ1) is 13.9. The van der Waals surface area contributed by atoms with Gasteiger partial charge in [-0.2, -0.15) is 4.98 Å². The minimum absolute atomic E-state index is 0.0786. The van der Waals surface area contributed by atoms with E-state index >= 15 is 0 Å². The minimum Gasteiger partial charge on any atom is -0.334 e. The fourth-order valence-electron chi connectivity index (χ4n) is 3.07. The van der Waals surface area contributed by atoms with Gasteiger partial charge < -0.3 is 9.42 Å². The Kier molecular flexibility index (Phi) is 3.54. The number of carbonyl (C=O) groups is 1. The van der Waals surface area contributed by atoms with Crippen LogP contribution in [0, 0.1) is 0 Å². The van der Waals surface area contributed by atoms with Crippen molar-refractivity contribution in [1.82, 2.24) is 15.0 Å². The number of benzene rings is 2. The minimum atomic E-state index is -0.163. The second-order valence-corrected chi connectivity index (χ2v) is 5.80. The lowest BCUT2D eigenvalue weighted by Crippen LogP contribution is -2.35. The number of piperidine rings is 1. The molecule has 1 fully saturated rings. The molecule has 1 amide bonds. The number of rotatable bonds is 2. The summed E-state index contributed by atoms with van der Waals surface area (Å²) in [5, 5.41) is 6.18. The highest BCUT2D eigenvalue weighted by Crippen LogP contribution is 2.26. The topological polar surface area (TPSA) is 59.2 Å². The molecule has 1 aliphatic heterocycles. The Labute approximate surface area is 133 Å². The molecule has 0 unspecified atom stereocenters. The first-order valence-corrected chi connectivity index (χ1v) is 7.94. The van der Waals surface area contributed by atoms with Crippen LogP contribution in [-0.4, -0.2) is 34.0 Å². The molecule has 23 heavy (non-hydrogen) atoms. The summed E-state index contributed by atoms with van der Waals surface area (Å²) in [7, 11) is 0. The zero-order chi connectivity index (χ0) is 15.6. The molecule has 1 saturated heterocycles. The Morgan fingerprint density at radius 3 is 2.65 bits per heavy atom. The fraction of sp³-hybridized carbons (Fsp3) is 0.278. The lowest BCUT2D eigenvalue weighted by Gasteiger charge is -2.24. The van der Waals surface area contributed by atoms with Gasteiger partial charge in [-0.1, -0.05) is 47.6 Å². The van der Waals surface area contributed by atoms with Gasteiger partial charge in [0.15, 0.2) is 0 Å². The molecule has 3 aromatic rings. The molecule has 0 atom stereocenters. The maximum absolute atomic E-state index is 12.4. The summed E-state index contributed by atoms with van der Waals surface area (Å²) in [4.78, 5) is 18.6. The van der Waals surface area contributed by atoms with Crippen molar-refractivity contribution in [1.29, 1.82) is 0 Å². The van der Waals surface area contributed by atoms with Crippen molar-refractivity contribution in [3.8, 4) is 11.4 Å². The second-order valence-electron chi connectivity index (χ2n) is 5.80. The maximum atomic E-state index is 12.4. The number of nitrogens with zero attached hydrogens (tertiary/aromatic N) is 3. The Hall–Kier alpha value is -2.69. The summed E-state index contributed by atoms with van der Waals surface area (Å²) in [6, 6.07) is 14.0. The molecule has 2 heterocycles. The molecular weight excluding hydrogens is 290 g/mol. The number of amides is 1. The van der Waals surface area contributed by atoms with Gasteiger partial charge in [0.2, 0.25) is 5.82 Å². The van der Waals surface area contributed by atoms with E-state index in [1.807, 2.05) is 42.5 Å². The number of fused-ring (bicyclic) bond motifs is 1. The zero-order valence-corrected chi connectivity index (χ0v) is 12.7. The summed E-state index contributed by atoms with van der Waals surface area (Å²) in [6.07, 6.45) is 3.25. The van der Waals surface area contributed by atoms with Gasteiger partial charge in [0.05, 0.1) is 0 Å². The monoisotopic (exact) mass is 307 g/mol. The molecule has 5 nitrogen and oxygen atoms in total. The normalized spacial score (nSPS) is 15.0. The zero-order valence-electron chi connectivity index (χ0n) is 12.7. The fourth-order valence-corrected chi connectivity index (χ4v) is 3.07. The van der Waals surface area contributed by atoms with E-state index < -0.39 is 0 Å². The van der Waals surface area contributed by atoms with Crippen LogP contribution in [0.5, 0.6) is 0 Å². The predicted octanol–water partition coefficient (Wildman–Crippen LogP) is 3.52. The highest BCUT2D eigenvalue weighted by Gasteiger charge is 2.24. The van der Waals surface area contributed by atoms with Crippen LogP contribution in [0.25, 0.3) is 22.2 Å². The summed E-state index contributed by atoms with van der Waals surface area (Å²) < 4.78 is 5.23. The molecule has 0 saturated carbocycles. The van der Waals surface area contributed by atoms with Gasteiger partial charge in [-0.15, -0.1) is 0 Å². The molecule has 2 aromatic carbocycles. The van der Waals surface area contributed by atoms with Gasteiger partial charge in [-0.3, -0.25) is 4.79 Å². The molecule has 0 bridgehead atoms. The van der Waals surface area contributed by atoms with Gasteiger partial charge >= 0.3 is 11.8 Å². The standard InChI is InChI=1S/C18H17N3O2/c22-18(21-11-4-1-5-12-21)17-19-16(20-23-17)15-10-6-8-13-7-2-3-9-14(13)15/h2-3,6-10H,1,4-5,11-12H2. The number of hydrogen-bond acceptors (Lipinski definition) is 4. The summed E-state index contributed by atoms with van der Waals surface area (Å²) >= 11 is 0. The molecular formula is C18H17N3O2. The number of likely N-dealkylation sites (tertiary alicyclic amines) is 1. The van der Waals surface area contributed by atoms with Crippen LogP contribution in [-0.2, 0) is 0 Å². The molecule has 0 N–H and O–H groups in total. The molecule has 0 spiro atoms. The van der Waals surface area contributed by atoms with E-state index in [0.29, 0.717) is 5.82 Å². The lowest BCUT2D eigenvalue weighted by molar-refractivity contribution is 0.0674. The van der Waals surface area contributed by atoms with Crippen molar-refractivity contribution in [2.45, 2.75) is 19.3 Å². The quantitative estimate of drug-likeness (QED) is 0.727. The average Bonchev–Trinajstić information content (AvgIpc) is 3.11. The van der Waals surface area contributed by atoms with E-state index in [0.717, 1.165) is 42.3 Å². The van der Waals surface area contributed by atoms with Gasteiger partial charge in [-0.05, 0) is 30.0 Å². The predicted molar refractivity (Wildman–Crippen MR) is 87.0 cm³/mol. The Morgan fingerprint density at radius 1 is 1.00 bits per heavy atom. The first-order valence-electron chi connectivity index (χ1n) is 7.94. The van der Waals surface area contributed by atoms with Gasteiger partial charge in [0, 0.05) is 18.7 Å². The van der Waals surface area contributed by atoms with Crippen LogP contribution in [0.3, 0.4) is 0 Å². The average molecular weight is 307 g/mol.